The highest BCUT2D eigenvalue weighted by molar-refractivity contribution is 5.85. The topological polar surface area (TPSA) is 132 Å². The van der Waals surface area contributed by atoms with E-state index >= 15 is 0 Å². The first-order valence-corrected chi connectivity index (χ1v) is 7.76. The van der Waals surface area contributed by atoms with Crippen LogP contribution in [0, 0.1) is 11.3 Å². The molecule has 1 amide bonds. The van der Waals surface area contributed by atoms with Gasteiger partial charge in [0, 0.05) is 0 Å². The smallest absolute Gasteiger partial charge is 0.240 e. The molecule has 0 fully saturated rings. The molecule has 2 aromatic rings. The van der Waals surface area contributed by atoms with E-state index in [1.165, 1.54) is 0 Å². The maximum Gasteiger partial charge on any atom is 0.240 e. The van der Waals surface area contributed by atoms with Crippen LogP contribution in [0.25, 0.3) is 0 Å². The Bertz CT molecular complexity index is 731. The van der Waals surface area contributed by atoms with E-state index in [-0.39, 0.29) is 24.9 Å². The van der Waals surface area contributed by atoms with Crippen LogP contribution in [0.15, 0.2) is 30.3 Å². The number of amides is 1. The van der Waals surface area contributed by atoms with Crippen LogP contribution in [-0.4, -0.2) is 38.3 Å². The molecule has 0 aliphatic carbocycles. The van der Waals surface area contributed by atoms with Crippen molar-refractivity contribution in [3.05, 3.63) is 41.7 Å². The Hall–Kier alpha value is -2.83. The maximum atomic E-state index is 12.2. The predicted molar refractivity (Wildman–Crippen MR) is 88.7 cm³/mol. The van der Waals surface area contributed by atoms with E-state index in [9.17, 15) is 4.79 Å². The summed E-state index contributed by atoms with van der Waals surface area (Å²) in [5.74, 6) is -0.0987. The van der Waals surface area contributed by atoms with Gasteiger partial charge in [-0.3, -0.25) is 4.79 Å². The second-order valence-electron chi connectivity index (χ2n) is 6.08. The molecule has 0 saturated heterocycles. The Balaban J connectivity index is 2.05. The number of ether oxygens (including phenoxy) is 1. The number of tetrazole rings is 1. The van der Waals surface area contributed by atoms with Crippen LogP contribution in [0.1, 0.15) is 31.3 Å². The number of benzene rings is 1. The number of nitriles is 1. The number of nitrogens with two attached hydrogens (primary N) is 1. The Kier molecular flexibility index (Phi) is 6.16. The third kappa shape index (κ3) is 5.63. The highest BCUT2D eigenvalue weighted by Crippen LogP contribution is 2.11. The average molecular weight is 343 g/mol. The Morgan fingerprint density at radius 3 is 2.80 bits per heavy atom. The second-order valence-corrected chi connectivity index (χ2v) is 6.08. The van der Waals surface area contributed by atoms with Gasteiger partial charge < -0.3 is 15.8 Å². The van der Waals surface area contributed by atoms with Crippen LogP contribution in [0.5, 0.6) is 0 Å². The van der Waals surface area contributed by atoms with E-state index in [2.05, 4.69) is 20.7 Å². The largest absolute Gasteiger partial charge is 0.374 e. The molecule has 9 nitrogen and oxygen atoms in total. The lowest BCUT2D eigenvalue weighted by Crippen LogP contribution is -2.50. The molecule has 1 heterocycles. The first-order chi connectivity index (χ1) is 11.9. The SMILES string of the molecule is CC(C)(N)C(=O)N[C@H](COCc1ccccc1)c1nnn(CC#N)n1. The quantitative estimate of drug-likeness (QED) is 0.705. The van der Waals surface area contributed by atoms with Crippen molar-refractivity contribution >= 4 is 5.91 Å². The standard InChI is InChI=1S/C16H21N7O2/c1-16(2,18)15(24)19-13(14-20-22-23(21-14)9-8-17)11-25-10-12-6-4-3-5-7-12/h3-7,13H,9-11,18H2,1-2H3,(H,19,24)/t13-/m1/s1. The number of carbonyl (C=O) groups is 1. The number of aromatic nitrogens is 4. The van der Waals surface area contributed by atoms with Crippen molar-refractivity contribution in [2.75, 3.05) is 6.61 Å². The molecule has 3 N–H and O–H groups in total. The van der Waals surface area contributed by atoms with Gasteiger partial charge in [0.05, 0.1) is 24.8 Å². The highest BCUT2D eigenvalue weighted by Gasteiger charge is 2.27. The Labute approximate surface area is 145 Å². The summed E-state index contributed by atoms with van der Waals surface area (Å²) in [5.41, 5.74) is 5.77. The Morgan fingerprint density at radius 1 is 1.44 bits per heavy atom. The van der Waals surface area contributed by atoms with Gasteiger partial charge >= 0.3 is 0 Å². The monoisotopic (exact) mass is 343 g/mol. The molecule has 25 heavy (non-hydrogen) atoms. The summed E-state index contributed by atoms with van der Waals surface area (Å²) in [5, 5.41) is 23.2. The summed E-state index contributed by atoms with van der Waals surface area (Å²) in [6.45, 7) is 3.70. The van der Waals surface area contributed by atoms with Crippen LogP contribution >= 0.6 is 0 Å². The lowest BCUT2D eigenvalue weighted by atomic mass is 10.1. The zero-order valence-electron chi connectivity index (χ0n) is 14.2. The fourth-order valence-corrected chi connectivity index (χ4v) is 1.92. The van der Waals surface area contributed by atoms with E-state index in [1.807, 2.05) is 36.4 Å². The minimum atomic E-state index is -1.06. The van der Waals surface area contributed by atoms with Crippen LogP contribution < -0.4 is 11.1 Å². The van der Waals surface area contributed by atoms with E-state index in [4.69, 9.17) is 15.7 Å². The lowest BCUT2D eigenvalue weighted by molar-refractivity contribution is -0.126. The molecule has 1 aromatic heterocycles. The van der Waals surface area contributed by atoms with E-state index < -0.39 is 11.6 Å². The summed E-state index contributed by atoms with van der Waals surface area (Å²) in [6.07, 6.45) is 0. The maximum absolute atomic E-state index is 12.2. The number of hydrogen-bond acceptors (Lipinski definition) is 7. The molecule has 2 rings (SSSR count). The number of nitrogens with one attached hydrogen (secondary N) is 1. The lowest BCUT2D eigenvalue weighted by Gasteiger charge is -2.22. The van der Waals surface area contributed by atoms with Gasteiger partial charge in [0.2, 0.25) is 5.91 Å². The van der Waals surface area contributed by atoms with Crippen molar-refractivity contribution in [1.82, 2.24) is 25.5 Å². The summed E-state index contributed by atoms with van der Waals surface area (Å²) < 4.78 is 5.68. The summed E-state index contributed by atoms with van der Waals surface area (Å²) in [6, 6.07) is 11.0. The molecule has 0 spiro atoms. The molecular formula is C16H21N7O2. The molecule has 132 valence electrons. The molecule has 0 unspecified atom stereocenters. The molecule has 0 aliphatic heterocycles. The molecule has 0 saturated carbocycles. The van der Waals surface area contributed by atoms with Crippen molar-refractivity contribution in [1.29, 1.82) is 5.26 Å². The molecule has 1 aromatic carbocycles. The zero-order valence-corrected chi connectivity index (χ0v) is 14.2. The molecule has 0 aliphatic rings. The van der Waals surface area contributed by atoms with E-state index in [1.54, 1.807) is 13.8 Å². The van der Waals surface area contributed by atoms with Gasteiger partial charge in [-0.05, 0) is 24.6 Å². The first kappa shape index (κ1) is 18.5. The predicted octanol–water partition coefficient (Wildman–Crippen LogP) is 0.308. The average Bonchev–Trinajstić information content (AvgIpc) is 3.03. The molecule has 0 radical (unpaired) electrons. The third-order valence-corrected chi connectivity index (χ3v) is 3.28. The van der Waals surface area contributed by atoms with Crippen molar-refractivity contribution in [2.45, 2.75) is 38.6 Å². The fourth-order valence-electron chi connectivity index (χ4n) is 1.92. The Morgan fingerprint density at radius 2 is 2.16 bits per heavy atom. The van der Waals surface area contributed by atoms with Crippen molar-refractivity contribution in [3.8, 4) is 6.07 Å². The van der Waals surface area contributed by atoms with Crippen molar-refractivity contribution < 1.29 is 9.53 Å². The van der Waals surface area contributed by atoms with Gasteiger partial charge in [-0.1, -0.05) is 30.3 Å². The molecule has 9 heteroatoms. The first-order valence-electron chi connectivity index (χ1n) is 7.76. The van der Waals surface area contributed by atoms with Gasteiger partial charge in [0.25, 0.3) is 0 Å². The van der Waals surface area contributed by atoms with Gasteiger partial charge in [-0.15, -0.1) is 15.0 Å². The number of carbonyl (C=O) groups excluding carboxylic acids is 1. The summed E-state index contributed by atoms with van der Waals surface area (Å²) in [4.78, 5) is 13.3. The minimum absolute atomic E-state index is 0.0269. The molecular weight excluding hydrogens is 322 g/mol. The van der Waals surface area contributed by atoms with Gasteiger partial charge in [0.15, 0.2) is 5.82 Å². The number of rotatable bonds is 8. The fraction of sp³-hybridized carbons (Fsp3) is 0.438. The van der Waals surface area contributed by atoms with Crippen LogP contribution in [0.4, 0.5) is 0 Å². The minimum Gasteiger partial charge on any atom is -0.374 e. The van der Waals surface area contributed by atoms with Crippen LogP contribution in [0.2, 0.25) is 0 Å². The number of hydrogen-bond donors (Lipinski definition) is 2. The highest BCUT2D eigenvalue weighted by atomic mass is 16.5. The summed E-state index contributed by atoms with van der Waals surface area (Å²) in [7, 11) is 0. The van der Waals surface area contributed by atoms with Crippen molar-refractivity contribution in [2.24, 2.45) is 5.73 Å². The van der Waals surface area contributed by atoms with Crippen molar-refractivity contribution in [3.63, 3.8) is 0 Å². The second kappa shape index (κ2) is 8.32. The molecule has 0 bridgehead atoms. The van der Waals surface area contributed by atoms with Crippen LogP contribution in [0.3, 0.4) is 0 Å². The summed E-state index contributed by atoms with van der Waals surface area (Å²) >= 11 is 0. The van der Waals surface area contributed by atoms with Gasteiger partial charge in [-0.25, -0.2) is 0 Å². The molecule has 1 atom stereocenters. The normalized spacial score (nSPS) is 12.4. The zero-order chi connectivity index (χ0) is 18.3. The van der Waals surface area contributed by atoms with Crippen LogP contribution in [-0.2, 0) is 22.7 Å². The third-order valence-electron chi connectivity index (χ3n) is 3.28. The van der Waals surface area contributed by atoms with E-state index in [0.717, 1.165) is 10.4 Å². The van der Waals surface area contributed by atoms with E-state index in [0.29, 0.717) is 6.61 Å². The van der Waals surface area contributed by atoms with Gasteiger partial charge in [0.1, 0.15) is 12.6 Å². The number of nitrogens with zero attached hydrogens (tertiary/aromatic N) is 5. The van der Waals surface area contributed by atoms with Gasteiger partial charge in [-0.2, -0.15) is 5.26 Å².